The van der Waals surface area contributed by atoms with Crippen molar-refractivity contribution in [2.75, 3.05) is 4.72 Å². The number of hydrogen-bond donors (Lipinski definition) is 2. The van der Waals surface area contributed by atoms with Gasteiger partial charge in [-0.2, -0.15) is 5.26 Å². The van der Waals surface area contributed by atoms with Gasteiger partial charge < -0.3 is 15.0 Å². The first-order valence-electron chi connectivity index (χ1n) is 6.32. The molecule has 2 aromatic rings. The molecule has 118 valence electrons. The predicted octanol–water partition coefficient (Wildman–Crippen LogP) is -2.26. The molecule has 0 saturated carbocycles. The van der Waals surface area contributed by atoms with Gasteiger partial charge in [0.2, 0.25) is 0 Å². The van der Waals surface area contributed by atoms with Crippen molar-refractivity contribution in [3.63, 3.8) is 0 Å². The van der Waals surface area contributed by atoms with Crippen LogP contribution in [0.2, 0.25) is 0 Å². The molecule has 0 amide bonds. The number of phenols is 1. The van der Waals surface area contributed by atoms with Gasteiger partial charge in [0.05, 0.1) is 22.1 Å². The SMILES string of the molecule is Cc1cc(NS(=O)(=O)c2cccc(C(=O)[O-])c2)cc(C#N)c1O.[Na+]. The number of aromatic carboxylic acids is 1. The maximum atomic E-state index is 12.3. The molecule has 0 aliphatic rings. The van der Waals surface area contributed by atoms with Gasteiger partial charge in [0.1, 0.15) is 11.8 Å². The molecule has 0 spiro atoms. The first kappa shape index (κ1) is 20.0. The summed E-state index contributed by atoms with van der Waals surface area (Å²) in [6.07, 6.45) is 0. The van der Waals surface area contributed by atoms with Crippen LogP contribution in [0.15, 0.2) is 41.3 Å². The Morgan fingerprint density at radius 3 is 2.54 bits per heavy atom. The number of carbonyl (C=O) groups is 1. The number of nitriles is 1. The molecule has 0 aliphatic carbocycles. The van der Waals surface area contributed by atoms with Crippen molar-refractivity contribution in [3.05, 3.63) is 53.1 Å². The van der Waals surface area contributed by atoms with Gasteiger partial charge in [-0.15, -0.1) is 0 Å². The number of aryl methyl sites for hydroxylation is 1. The normalized spacial score (nSPS) is 10.3. The third-order valence-corrected chi connectivity index (χ3v) is 4.43. The summed E-state index contributed by atoms with van der Waals surface area (Å²) in [5, 5.41) is 29.4. The number of carboxylic acids is 1. The number of sulfonamides is 1. The van der Waals surface area contributed by atoms with E-state index in [1.807, 2.05) is 0 Å². The molecule has 7 nitrogen and oxygen atoms in total. The second kappa shape index (κ2) is 7.68. The van der Waals surface area contributed by atoms with E-state index in [0.717, 1.165) is 6.07 Å². The molecule has 0 atom stereocenters. The monoisotopic (exact) mass is 354 g/mol. The first-order chi connectivity index (χ1) is 10.7. The number of hydrogen-bond acceptors (Lipinski definition) is 6. The second-order valence-electron chi connectivity index (χ2n) is 4.72. The zero-order valence-corrected chi connectivity index (χ0v) is 15.7. The van der Waals surface area contributed by atoms with Crippen LogP contribution in [0.1, 0.15) is 21.5 Å². The van der Waals surface area contributed by atoms with E-state index < -0.39 is 16.0 Å². The Balaban J connectivity index is 0.00000288. The van der Waals surface area contributed by atoms with Gasteiger partial charge in [0.25, 0.3) is 10.0 Å². The van der Waals surface area contributed by atoms with Crippen LogP contribution >= 0.6 is 0 Å². The number of anilines is 1. The second-order valence-corrected chi connectivity index (χ2v) is 6.40. The maximum Gasteiger partial charge on any atom is 1.00 e. The van der Waals surface area contributed by atoms with Gasteiger partial charge in [0.15, 0.2) is 0 Å². The van der Waals surface area contributed by atoms with E-state index in [0.29, 0.717) is 5.56 Å². The van der Waals surface area contributed by atoms with E-state index >= 15 is 0 Å². The number of nitrogens with zero attached hydrogens (tertiary/aromatic N) is 1. The molecule has 2 N–H and O–H groups in total. The number of phenolic OH excluding ortho intramolecular Hbond substituents is 1. The fraction of sp³-hybridized carbons (Fsp3) is 0.0667. The Kier molecular flexibility index (Phi) is 6.40. The van der Waals surface area contributed by atoms with Crippen LogP contribution in [0, 0.1) is 18.3 Å². The number of carbonyl (C=O) groups excluding carboxylic acids is 1. The number of nitrogens with one attached hydrogen (secondary N) is 1. The summed E-state index contributed by atoms with van der Waals surface area (Å²) >= 11 is 0. The van der Waals surface area contributed by atoms with Gasteiger partial charge in [-0.25, -0.2) is 8.42 Å². The van der Waals surface area contributed by atoms with Gasteiger partial charge in [-0.05, 0) is 42.3 Å². The van der Waals surface area contributed by atoms with Crippen LogP contribution < -0.4 is 39.4 Å². The fourth-order valence-electron chi connectivity index (χ4n) is 1.93. The topological polar surface area (TPSA) is 130 Å². The molecule has 0 unspecified atom stereocenters. The molecule has 0 heterocycles. The van der Waals surface area contributed by atoms with E-state index in [-0.39, 0.29) is 57.0 Å². The molecule has 0 radical (unpaired) electrons. The minimum atomic E-state index is -4.06. The summed E-state index contributed by atoms with van der Waals surface area (Å²) < 4.78 is 26.8. The van der Waals surface area contributed by atoms with E-state index in [9.17, 15) is 23.4 Å². The molecular weight excluding hydrogens is 343 g/mol. The van der Waals surface area contributed by atoms with Gasteiger partial charge in [-0.3, -0.25) is 4.72 Å². The predicted molar refractivity (Wildman–Crippen MR) is 79.1 cm³/mol. The van der Waals surface area contributed by atoms with Crippen molar-refractivity contribution < 1.29 is 53.0 Å². The molecule has 0 bridgehead atoms. The third-order valence-electron chi connectivity index (χ3n) is 3.05. The average molecular weight is 354 g/mol. The quantitative estimate of drug-likeness (QED) is 0.471. The molecule has 2 aromatic carbocycles. The number of aromatic hydroxyl groups is 1. The molecule has 0 aliphatic heterocycles. The van der Waals surface area contributed by atoms with Crippen molar-refractivity contribution >= 4 is 21.7 Å². The molecular formula is C15H11N2NaO5S. The van der Waals surface area contributed by atoms with Crippen LogP contribution in [0.4, 0.5) is 5.69 Å². The Morgan fingerprint density at radius 1 is 1.29 bits per heavy atom. The summed E-state index contributed by atoms with van der Waals surface area (Å²) in [5.41, 5.74) is 0.0552. The third kappa shape index (κ3) is 4.27. The summed E-state index contributed by atoms with van der Waals surface area (Å²) in [6, 6.07) is 8.99. The Labute approximate surface area is 160 Å². The van der Waals surface area contributed by atoms with Crippen LogP contribution in [0.3, 0.4) is 0 Å². The molecule has 0 fully saturated rings. The van der Waals surface area contributed by atoms with Crippen molar-refractivity contribution in [1.82, 2.24) is 0 Å². The van der Waals surface area contributed by atoms with Gasteiger partial charge >= 0.3 is 29.6 Å². The summed E-state index contributed by atoms with van der Waals surface area (Å²) in [6.45, 7) is 1.52. The standard InChI is InChI=1S/C15H12N2O5S.Na/c1-9-5-12(6-11(8-16)14(9)18)17-23(21,22)13-4-2-3-10(7-13)15(19)20;/h2-7,17-18H,1H3,(H,19,20);/q;+1/p-1. The minimum absolute atomic E-state index is 0. The average Bonchev–Trinajstić information content (AvgIpc) is 2.50. The fourth-order valence-corrected chi connectivity index (χ4v) is 3.01. The molecule has 2 rings (SSSR count). The summed E-state index contributed by atoms with van der Waals surface area (Å²) in [7, 11) is -4.06. The molecule has 24 heavy (non-hydrogen) atoms. The number of rotatable bonds is 4. The van der Waals surface area contributed by atoms with Crippen molar-refractivity contribution in [1.29, 1.82) is 5.26 Å². The van der Waals surface area contributed by atoms with E-state index in [2.05, 4.69) is 4.72 Å². The van der Waals surface area contributed by atoms with E-state index in [4.69, 9.17) is 5.26 Å². The summed E-state index contributed by atoms with van der Waals surface area (Å²) in [5.74, 6) is -1.72. The Bertz CT molecular complexity index is 935. The number of benzene rings is 2. The van der Waals surface area contributed by atoms with Crippen LogP contribution in [-0.4, -0.2) is 19.5 Å². The zero-order valence-electron chi connectivity index (χ0n) is 12.9. The van der Waals surface area contributed by atoms with Gasteiger partial charge in [-0.1, -0.05) is 12.1 Å². The molecule has 9 heteroatoms. The number of carboxylic acid groups (broad SMARTS) is 1. The van der Waals surface area contributed by atoms with E-state index in [1.165, 1.54) is 37.3 Å². The summed E-state index contributed by atoms with van der Waals surface area (Å²) in [4.78, 5) is 10.6. The van der Waals surface area contributed by atoms with Crippen LogP contribution in [0.5, 0.6) is 5.75 Å². The van der Waals surface area contributed by atoms with Crippen molar-refractivity contribution in [3.8, 4) is 11.8 Å². The Morgan fingerprint density at radius 2 is 1.96 bits per heavy atom. The van der Waals surface area contributed by atoms with Crippen molar-refractivity contribution in [2.45, 2.75) is 11.8 Å². The molecule has 0 aromatic heterocycles. The van der Waals surface area contributed by atoms with Crippen molar-refractivity contribution in [2.24, 2.45) is 0 Å². The minimum Gasteiger partial charge on any atom is -0.545 e. The smallest absolute Gasteiger partial charge is 0.545 e. The van der Waals surface area contributed by atoms with Gasteiger partial charge in [0, 0.05) is 0 Å². The maximum absolute atomic E-state index is 12.3. The molecule has 0 saturated heterocycles. The largest absolute Gasteiger partial charge is 1.00 e. The van der Waals surface area contributed by atoms with Crippen LogP contribution in [0.25, 0.3) is 0 Å². The first-order valence-corrected chi connectivity index (χ1v) is 7.81. The van der Waals surface area contributed by atoms with Crippen LogP contribution in [-0.2, 0) is 10.0 Å². The zero-order chi connectivity index (χ0) is 17.2. The van der Waals surface area contributed by atoms with E-state index in [1.54, 1.807) is 6.07 Å². The Hall–Kier alpha value is -2.05.